The van der Waals surface area contributed by atoms with Crippen LogP contribution >= 0.6 is 0 Å². The molecular weight excluding hydrogens is 448 g/mol. The van der Waals surface area contributed by atoms with Gasteiger partial charge in [0.05, 0.1) is 5.56 Å². The molecule has 3 aromatic carbocycles. The third kappa shape index (κ3) is 5.23. The van der Waals surface area contributed by atoms with Crippen molar-refractivity contribution < 1.29 is 13.9 Å². The lowest BCUT2D eigenvalue weighted by molar-refractivity contribution is 0.0732. The van der Waals surface area contributed by atoms with E-state index in [1.807, 2.05) is 42.5 Å². The van der Waals surface area contributed by atoms with E-state index in [1.54, 1.807) is 24.3 Å². The van der Waals surface area contributed by atoms with Gasteiger partial charge in [-0.15, -0.1) is 0 Å². The molecule has 5 heteroatoms. The van der Waals surface area contributed by atoms with Gasteiger partial charge < -0.3 is 9.15 Å². The van der Waals surface area contributed by atoms with Crippen molar-refractivity contribution in [3.63, 3.8) is 0 Å². The van der Waals surface area contributed by atoms with E-state index in [2.05, 4.69) is 58.7 Å². The Bertz CT molecular complexity index is 1430. The third-order valence-corrected chi connectivity index (χ3v) is 5.99. The van der Waals surface area contributed by atoms with Crippen LogP contribution in [-0.4, -0.2) is 11.0 Å². The molecule has 5 nitrogen and oxygen atoms in total. The molecule has 0 radical (unpaired) electrons. The van der Waals surface area contributed by atoms with Crippen LogP contribution in [0.5, 0.6) is 5.75 Å². The maximum atomic E-state index is 13.0. The highest BCUT2D eigenvalue weighted by Gasteiger charge is 2.25. The van der Waals surface area contributed by atoms with Crippen molar-refractivity contribution in [3.8, 4) is 34.6 Å². The number of nitriles is 1. The molecule has 1 aromatic heterocycles. The van der Waals surface area contributed by atoms with Crippen LogP contribution in [0.4, 0.5) is 0 Å². The molecule has 0 spiro atoms. The fourth-order valence-corrected chi connectivity index (χ4v) is 3.88. The molecule has 0 atom stereocenters. The van der Waals surface area contributed by atoms with E-state index in [9.17, 15) is 10.1 Å². The first-order valence-corrected chi connectivity index (χ1v) is 11.9. The molecule has 0 fully saturated rings. The van der Waals surface area contributed by atoms with Crippen LogP contribution in [-0.2, 0) is 10.8 Å². The molecule has 182 valence electrons. The summed E-state index contributed by atoms with van der Waals surface area (Å²) < 4.78 is 11.8. The van der Waals surface area contributed by atoms with Gasteiger partial charge in [0.2, 0.25) is 5.89 Å². The largest absolute Gasteiger partial charge is 0.435 e. The number of hydrogen-bond donors (Lipinski definition) is 0. The molecule has 0 N–H and O–H groups in total. The van der Waals surface area contributed by atoms with Gasteiger partial charge in [-0.05, 0) is 46.7 Å². The lowest BCUT2D eigenvalue weighted by Crippen LogP contribution is -2.19. The first kappa shape index (κ1) is 24.9. The topological polar surface area (TPSA) is 76.1 Å². The maximum absolute atomic E-state index is 13.0. The van der Waals surface area contributed by atoms with E-state index in [4.69, 9.17) is 9.15 Å². The summed E-state index contributed by atoms with van der Waals surface area (Å²) in [5, 5.41) is 9.50. The van der Waals surface area contributed by atoms with E-state index in [0.29, 0.717) is 28.5 Å². The Morgan fingerprint density at radius 2 is 1.53 bits per heavy atom. The summed E-state index contributed by atoms with van der Waals surface area (Å²) >= 11 is 0. The molecule has 0 aliphatic heterocycles. The van der Waals surface area contributed by atoms with E-state index < -0.39 is 5.97 Å². The second-order valence-corrected chi connectivity index (χ2v) is 10.9. The number of hydrogen-bond acceptors (Lipinski definition) is 5. The lowest BCUT2D eigenvalue weighted by Gasteiger charge is -2.26. The first-order chi connectivity index (χ1) is 17.0. The quantitative estimate of drug-likeness (QED) is 0.222. The second kappa shape index (κ2) is 9.47. The van der Waals surface area contributed by atoms with Crippen LogP contribution < -0.4 is 4.74 Å². The highest BCUT2D eigenvalue weighted by molar-refractivity contribution is 5.91. The van der Waals surface area contributed by atoms with Gasteiger partial charge in [-0.25, -0.2) is 4.79 Å². The molecule has 0 aliphatic carbocycles. The number of aromatic nitrogens is 1. The van der Waals surface area contributed by atoms with Crippen LogP contribution in [0.3, 0.4) is 0 Å². The zero-order valence-electron chi connectivity index (χ0n) is 21.5. The van der Waals surface area contributed by atoms with E-state index in [-0.39, 0.29) is 16.5 Å². The smallest absolute Gasteiger partial charge is 0.343 e. The minimum Gasteiger partial charge on any atom is -0.435 e. The summed E-state index contributed by atoms with van der Waals surface area (Å²) in [5.41, 5.74) is 4.04. The van der Waals surface area contributed by atoms with Gasteiger partial charge in [0.1, 0.15) is 11.8 Å². The second-order valence-electron chi connectivity index (χ2n) is 10.9. The third-order valence-electron chi connectivity index (χ3n) is 5.99. The summed E-state index contributed by atoms with van der Waals surface area (Å²) in [5.74, 6) is 0.859. The fraction of sp³-hybridized carbons (Fsp3) is 0.258. The normalized spacial score (nSPS) is 11.7. The predicted octanol–water partition coefficient (Wildman–Crippen LogP) is 7.69. The zero-order chi connectivity index (χ0) is 26.1. The minimum atomic E-state index is -0.439. The molecule has 4 aromatic rings. The van der Waals surface area contributed by atoms with Crippen LogP contribution in [0, 0.1) is 11.3 Å². The molecule has 0 amide bonds. The Labute approximate surface area is 212 Å². The Kier molecular flexibility index (Phi) is 6.56. The standard InChI is InChI=1S/C31H30N2O3/c1-30(2,3)23-16-17-26(24(18-23)31(4,5)6)35-29(34)22-14-12-21(13-15-22)28-33-25(19-32)27(36-28)20-10-8-7-9-11-20/h7-18H,1-6H3. The Morgan fingerprint density at radius 3 is 2.11 bits per heavy atom. The molecule has 1 heterocycles. The predicted molar refractivity (Wildman–Crippen MR) is 141 cm³/mol. The first-order valence-electron chi connectivity index (χ1n) is 11.9. The average molecular weight is 479 g/mol. The minimum absolute atomic E-state index is 0.00988. The van der Waals surface area contributed by atoms with Crippen LogP contribution in [0.15, 0.2) is 77.2 Å². The van der Waals surface area contributed by atoms with Gasteiger partial charge in [-0.2, -0.15) is 10.2 Å². The van der Waals surface area contributed by atoms with Crippen molar-refractivity contribution in [1.29, 1.82) is 5.26 Å². The van der Waals surface area contributed by atoms with Crippen molar-refractivity contribution in [1.82, 2.24) is 4.98 Å². The molecule has 0 aliphatic rings. The summed E-state index contributed by atoms with van der Waals surface area (Å²) in [4.78, 5) is 17.3. The lowest BCUT2D eigenvalue weighted by atomic mass is 9.80. The Morgan fingerprint density at radius 1 is 0.861 bits per heavy atom. The molecule has 4 rings (SSSR count). The molecule has 0 saturated heterocycles. The highest BCUT2D eigenvalue weighted by Crippen LogP contribution is 2.36. The molecule has 0 saturated carbocycles. The van der Waals surface area contributed by atoms with Crippen molar-refractivity contribution in [2.75, 3.05) is 0 Å². The summed E-state index contributed by atoms with van der Waals surface area (Å²) in [7, 11) is 0. The molecular formula is C31H30N2O3. The Hall–Kier alpha value is -4.17. The van der Waals surface area contributed by atoms with Gasteiger partial charge in [0.25, 0.3) is 0 Å². The maximum Gasteiger partial charge on any atom is 0.343 e. The van der Waals surface area contributed by atoms with Crippen molar-refractivity contribution in [2.24, 2.45) is 0 Å². The monoisotopic (exact) mass is 478 g/mol. The number of nitrogens with zero attached hydrogens (tertiary/aromatic N) is 2. The Balaban J connectivity index is 1.59. The van der Waals surface area contributed by atoms with Gasteiger partial charge in [-0.3, -0.25) is 0 Å². The molecule has 36 heavy (non-hydrogen) atoms. The van der Waals surface area contributed by atoms with Gasteiger partial charge in [0.15, 0.2) is 11.5 Å². The van der Waals surface area contributed by atoms with Gasteiger partial charge in [-0.1, -0.05) is 84.0 Å². The van der Waals surface area contributed by atoms with Gasteiger partial charge >= 0.3 is 5.97 Å². The number of rotatable bonds is 4. The fourth-order valence-electron chi connectivity index (χ4n) is 3.88. The number of carbonyl (C=O) groups excluding carboxylic acids is 1. The van der Waals surface area contributed by atoms with E-state index in [0.717, 1.165) is 11.1 Å². The average Bonchev–Trinajstić information content (AvgIpc) is 3.28. The highest BCUT2D eigenvalue weighted by atomic mass is 16.5. The zero-order valence-corrected chi connectivity index (χ0v) is 21.5. The number of benzene rings is 3. The van der Waals surface area contributed by atoms with Crippen LogP contribution in [0.25, 0.3) is 22.8 Å². The van der Waals surface area contributed by atoms with E-state index in [1.165, 1.54) is 5.56 Å². The van der Waals surface area contributed by atoms with Crippen LogP contribution in [0.2, 0.25) is 0 Å². The number of esters is 1. The summed E-state index contributed by atoms with van der Waals surface area (Å²) in [6.45, 7) is 12.8. The van der Waals surface area contributed by atoms with E-state index >= 15 is 0 Å². The number of ether oxygens (including phenoxy) is 1. The SMILES string of the molecule is CC(C)(C)c1ccc(OC(=O)c2ccc(-c3nc(C#N)c(-c4ccccc4)o3)cc2)c(C(C)(C)C)c1. The van der Waals surface area contributed by atoms with Crippen molar-refractivity contribution in [3.05, 3.63) is 95.2 Å². The number of carbonyl (C=O) groups is 1. The van der Waals surface area contributed by atoms with Gasteiger partial charge in [0, 0.05) is 16.7 Å². The summed E-state index contributed by atoms with van der Waals surface area (Å²) in [6, 6.07) is 24.3. The van der Waals surface area contributed by atoms with Crippen molar-refractivity contribution >= 4 is 5.97 Å². The molecule has 0 unspecified atom stereocenters. The van der Waals surface area contributed by atoms with Crippen LogP contribution in [0.1, 0.15) is 68.7 Å². The van der Waals surface area contributed by atoms with Crippen molar-refractivity contribution in [2.45, 2.75) is 52.4 Å². The number of oxazole rings is 1. The molecule has 0 bridgehead atoms. The summed E-state index contributed by atoms with van der Waals surface area (Å²) in [6.07, 6.45) is 0.